The third kappa shape index (κ3) is 4.24. The third-order valence-corrected chi connectivity index (χ3v) is 5.05. The lowest BCUT2D eigenvalue weighted by Crippen LogP contribution is -2.17. The van der Waals surface area contributed by atoms with E-state index in [4.69, 9.17) is 23.2 Å². The molecule has 138 valence electrons. The van der Waals surface area contributed by atoms with Crippen molar-refractivity contribution in [2.45, 2.75) is 20.8 Å². The van der Waals surface area contributed by atoms with E-state index >= 15 is 0 Å². The third-order valence-electron chi connectivity index (χ3n) is 4.32. The molecular weight excluding hydrogens is 381 g/mol. The van der Waals surface area contributed by atoms with Gasteiger partial charge in [0.05, 0.1) is 16.3 Å². The Labute approximate surface area is 168 Å². The van der Waals surface area contributed by atoms with E-state index in [-0.39, 0.29) is 5.91 Å². The smallest absolute Gasteiger partial charge is 0.271 e. The van der Waals surface area contributed by atoms with Crippen molar-refractivity contribution in [2.75, 3.05) is 0 Å². The van der Waals surface area contributed by atoms with Crippen LogP contribution in [0.4, 0.5) is 0 Å². The summed E-state index contributed by atoms with van der Waals surface area (Å²) in [5.41, 5.74) is 8.07. The van der Waals surface area contributed by atoms with Crippen LogP contribution in [0.1, 0.15) is 32.9 Å². The number of carbonyl (C=O) groups is 1. The lowest BCUT2D eigenvalue weighted by molar-refractivity contribution is 0.0955. The van der Waals surface area contributed by atoms with Gasteiger partial charge in [0.25, 0.3) is 5.91 Å². The normalized spacial score (nSPS) is 11.1. The van der Waals surface area contributed by atoms with Crippen molar-refractivity contribution in [3.05, 3.63) is 86.7 Å². The minimum atomic E-state index is -0.246. The van der Waals surface area contributed by atoms with Crippen LogP contribution in [0, 0.1) is 20.8 Å². The van der Waals surface area contributed by atoms with E-state index in [0.717, 1.165) is 28.2 Å². The predicted molar refractivity (Wildman–Crippen MR) is 112 cm³/mol. The number of carbonyl (C=O) groups excluding carboxylic acids is 1. The van der Waals surface area contributed by atoms with Crippen LogP contribution >= 0.6 is 23.2 Å². The van der Waals surface area contributed by atoms with Crippen molar-refractivity contribution < 1.29 is 4.79 Å². The molecule has 0 spiro atoms. The minimum Gasteiger partial charge on any atom is -0.318 e. The summed E-state index contributed by atoms with van der Waals surface area (Å²) >= 11 is 12.2. The summed E-state index contributed by atoms with van der Waals surface area (Å²) in [6, 6.07) is 14.8. The largest absolute Gasteiger partial charge is 0.318 e. The fraction of sp³-hybridized carbons (Fsp3) is 0.143. The SMILES string of the molecule is Cc1ccc(C(=O)N/N=C\c2cc(C)n(-c3ccc(Cl)c(Cl)c3)c2C)cc1. The maximum atomic E-state index is 12.1. The molecule has 0 fully saturated rings. The van der Waals surface area contributed by atoms with E-state index in [9.17, 15) is 4.79 Å². The second-order valence-corrected chi connectivity index (χ2v) is 7.14. The van der Waals surface area contributed by atoms with Gasteiger partial charge in [-0.2, -0.15) is 5.10 Å². The molecule has 0 saturated carbocycles. The zero-order valence-electron chi connectivity index (χ0n) is 15.3. The van der Waals surface area contributed by atoms with Crippen LogP contribution in [-0.4, -0.2) is 16.7 Å². The molecule has 2 aromatic carbocycles. The number of hydrazone groups is 1. The van der Waals surface area contributed by atoms with E-state index in [1.807, 2.05) is 51.1 Å². The Morgan fingerprint density at radius 2 is 1.70 bits per heavy atom. The topological polar surface area (TPSA) is 46.4 Å². The fourth-order valence-electron chi connectivity index (χ4n) is 2.87. The van der Waals surface area contributed by atoms with Gasteiger partial charge >= 0.3 is 0 Å². The maximum Gasteiger partial charge on any atom is 0.271 e. The molecule has 0 unspecified atom stereocenters. The van der Waals surface area contributed by atoms with Gasteiger partial charge in [0.2, 0.25) is 0 Å². The first kappa shape index (κ1) is 19.2. The minimum absolute atomic E-state index is 0.246. The number of nitrogens with one attached hydrogen (secondary N) is 1. The molecule has 1 N–H and O–H groups in total. The molecule has 1 heterocycles. The highest BCUT2D eigenvalue weighted by atomic mass is 35.5. The summed E-state index contributed by atoms with van der Waals surface area (Å²) in [7, 11) is 0. The number of halogens is 2. The van der Waals surface area contributed by atoms with Gasteiger partial charge in [0.15, 0.2) is 0 Å². The average molecular weight is 400 g/mol. The number of benzene rings is 2. The van der Waals surface area contributed by atoms with Gasteiger partial charge in [0.1, 0.15) is 0 Å². The summed E-state index contributed by atoms with van der Waals surface area (Å²) in [5, 5.41) is 5.12. The monoisotopic (exact) mass is 399 g/mol. The Morgan fingerprint density at radius 3 is 2.37 bits per heavy atom. The number of rotatable bonds is 4. The van der Waals surface area contributed by atoms with E-state index < -0.39 is 0 Å². The van der Waals surface area contributed by atoms with Crippen molar-refractivity contribution in [3.63, 3.8) is 0 Å². The highest BCUT2D eigenvalue weighted by molar-refractivity contribution is 6.42. The average Bonchev–Trinajstić information content (AvgIpc) is 2.92. The van der Waals surface area contributed by atoms with Crippen LogP contribution < -0.4 is 5.43 Å². The Bertz CT molecular complexity index is 1020. The van der Waals surface area contributed by atoms with Crippen molar-refractivity contribution in [1.82, 2.24) is 9.99 Å². The summed E-state index contributed by atoms with van der Waals surface area (Å²) in [6.45, 7) is 5.96. The second kappa shape index (κ2) is 7.99. The first-order chi connectivity index (χ1) is 12.9. The second-order valence-electron chi connectivity index (χ2n) is 6.33. The molecule has 6 heteroatoms. The molecule has 0 bridgehead atoms. The van der Waals surface area contributed by atoms with E-state index in [2.05, 4.69) is 15.1 Å². The van der Waals surface area contributed by atoms with Crippen molar-refractivity contribution in [2.24, 2.45) is 5.10 Å². The Kier molecular flexibility index (Phi) is 5.68. The van der Waals surface area contributed by atoms with Gasteiger partial charge in [-0.15, -0.1) is 0 Å². The number of amides is 1. The molecule has 4 nitrogen and oxygen atoms in total. The number of nitrogens with zero attached hydrogens (tertiary/aromatic N) is 2. The number of hydrogen-bond donors (Lipinski definition) is 1. The number of aryl methyl sites for hydroxylation is 2. The van der Waals surface area contributed by atoms with Gasteiger partial charge in [-0.05, 0) is 57.2 Å². The van der Waals surface area contributed by atoms with Crippen LogP contribution in [0.15, 0.2) is 53.6 Å². The standard InChI is InChI=1S/C21H19Cl2N3O/c1-13-4-6-16(7-5-13)21(27)25-24-12-17-10-14(2)26(15(17)3)18-8-9-19(22)20(23)11-18/h4-12H,1-3H3,(H,25,27)/b24-12-. The molecule has 0 aliphatic rings. The maximum absolute atomic E-state index is 12.1. The Hall–Kier alpha value is -2.56. The van der Waals surface area contributed by atoms with E-state index in [1.165, 1.54) is 0 Å². The predicted octanol–water partition coefficient (Wildman–Crippen LogP) is 5.47. The number of aromatic nitrogens is 1. The molecule has 0 radical (unpaired) electrons. The van der Waals surface area contributed by atoms with Gasteiger partial charge in [-0.25, -0.2) is 5.43 Å². The molecular formula is C21H19Cl2N3O. The molecule has 27 heavy (non-hydrogen) atoms. The van der Waals surface area contributed by atoms with Crippen molar-refractivity contribution >= 4 is 35.3 Å². The molecule has 1 amide bonds. The lowest BCUT2D eigenvalue weighted by atomic mass is 10.1. The molecule has 0 aliphatic heterocycles. The first-order valence-electron chi connectivity index (χ1n) is 8.41. The van der Waals surface area contributed by atoms with Crippen molar-refractivity contribution in [1.29, 1.82) is 0 Å². The van der Waals surface area contributed by atoms with Crippen LogP contribution in [-0.2, 0) is 0 Å². The summed E-state index contributed by atoms with van der Waals surface area (Å²) < 4.78 is 2.06. The van der Waals surface area contributed by atoms with Crippen molar-refractivity contribution in [3.8, 4) is 5.69 Å². The summed E-state index contributed by atoms with van der Waals surface area (Å²) in [4.78, 5) is 12.1. The Balaban J connectivity index is 1.79. The van der Waals surface area contributed by atoms with E-state index in [0.29, 0.717) is 15.6 Å². The van der Waals surface area contributed by atoms with Gasteiger partial charge in [-0.1, -0.05) is 40.9 Å². The number of hydrogen-bond acceptors (Lipinski definition) is 2. The molecule has 3 aromatic rings. The van der Waals surface area contributed by atoms with Gasteiger partial charge in [-0.3, -0.25) is 4.79 Å². The van der Waals surface area contributed by atoms with Gasteiger partial charge in [0, 0.05) is 28.2 Å². The zero-order valence-corrected chi connectivity index (χ0v) is 16.8. The summed E-state index contributed by atoms with van der Waals surface area (Å²) in [5.74, 6) is -0.246. The molecule has 0 aliphatic carbocycles. The first-order valence-corrected chi connectivity index (χ1v) is 9.17. The van der Waals surface area contributed by atoms with E-state index in [1.54, 1.807) is 24.4 Å². The lowest BCUT2D eigenvalue weighted by Gasteiger charge is -2.10. The van der Waals surface area contributed by atoms with Gasteiger partial charge < -0.3 is 4.57 Å². The molecule has 1 aromatic heterocycles. The summed E-state index contributed by atoms with van der Waals surface area (Å²) in [6.07, 6.45) is 1.64. The highest BCUT2D eigenvalue weighted by Gasteiger charge is 2.11. The molecule has 0 saturated heterocycles. The Morgan fingerprint density at radius 1 is 1.00 bits per heavy atom. The fourth-order valence-corrected chi connectivity index (χ4v) is 3.16. The molecule has 3 rings (SSSR count). The highest BCUT2D eigenvalue weighted by Crippen LogP contribution is 2.27. The quantitative estimate of drug-likeness (QED) is 0.458. The van der Waals surface area contributed by atoms with Crippen LogP contribution in [0.3, 0.4) is 0 Å². The van der Waals surface area contributed by atoms with Crippen LogP contribution in [0.25, 0.3) is 5.69 Å². The zero-order chi connectivity index (χ0) is 19.6. The molecule has 0 atom stereocenters. The van der Waals surface area contributed by atoms with Crippen LogP contribution in [0.2, 0.25) is 10.0 Å². The van der Waals surface area contributed by atoms with Crippen LogP contribution in [0.5, 0.6) is 0 Å².